The fourth-order valence-electron chi connectivity index (χ4n) is 3.59. The average Bonchev–Trinajstić information content (AvgIpc) is 3.41. The predicted molar refractivity (Wildman–Crippen MR) is 127 cm³/mol. The number of thiophene rings is 1. The number of nitrogen functional groups attached to an aromatic ring is 1. The number of amides is 1. The van der Waals surface area contributed by atoms with Gasteiger partial charge in [-0.15, -0.1) is 11.3 Å². The summed E-state index contributed by atoms with van der Waals surface area (Å²) in [5, 5.41) is 7.16. The van der Waals surface area contributed by atoms with E-state index in [0.717, 1.165) is 33.5 Å². The van der Waals surface area contributed by atoms with Crippen LogP contribution in [0, 0.1) is 0 Å². The highest BCUT2D eigenvalue weighted by Crippen LogP contribution is 2.41. The quantitative estimate of drug-likeness (QED) is 0.381. The lowest BCUT2D eigenvalue weighted by molar-refractivity contribution is -0.739. The van der Waals surface area contributed by atoms with E-state index in [1.807, 2.05) is 60.7 Å². The average molecular weight is 459 g/mol. The summed E-state index contributed by atoms with van der Waals surface area (Å²) in [6.07, 6.45) is 1.57. The van der Waals surface area contributed by atoms with Crippen LogP contribution in [0.4, 0.5) is 11.6 Å². The number of aryl methyl sites for hydroxylation is 1. The van der Waals surface area contributed by atoms with Crippen LogP contribution in [0.3, 0.4) is 0 Å². The van der Waals surface area contributed by atoms with E-state index in [1.54, 1.807) is 20.4 Å². The molecule has 3 aromatic heterocycles. The van der Waals surface area contributed by atoms with E-state index >= 15 is 0 Å². The summed E-state index contributed by atoms with van der Waals surface area (Å²) in [6.45, 7) is 0. The molecule has 8 nitrogen and oxygen atoms in total. The van der Waals surface area contributed by atoms with E-state index in [0.29, 0.717) is 15.4 Å². The van der Waals surface area contributed by atoms with Crippen molar-refractivity contribution in [3.8, 4) is 28.1 Å². The molecule has 5 rings (SSSR count). The molecule has 3 N–H and O–H groups in total. The summed E-state index contributed by atoms with van der Waals surface area (Å²) in [4.78, 5) is 18.8. The Balaban J connectivity index is 1.66. The van der Waals surface area contributed by atoms with Gasteiger partial charge in [0.05, 0.1) is 18.5 Å². The predicted octanol–water partition coefficient (Wildman–Crippen LogP) is 4.29. The molecule has 0 aliphatic carbocycles. The van der Waals surface area contributed by atoms with E-state index < -0.39 is 0 Å². The molecular formula is C24H20N5O3S+. The topological polar surface area (TPSA) is 107 Å². The van der Waals surface area contributed by atoms with Crippen LogP contribution in [0.5, 0.6) is 5.75 Å². The van der Waals surface area contributed by atoms with Crippen molar-refractivity contribution in [2.24, 2.45) is 7.05 Å². The van der Waals surface area contributed by atoms with Crippen molar-refractivity contribution in [1.82, 2.24) is 10.3 Å². The monoisotopic (exact) mass is 458 g/mol. The maximum Gasteiger partial charge on any atom is 0.302 e. The molecule has 0 fully saturated rings. The number of fused-ring (bicyclic) bond motifs is 1. The van der Waals surface area contributed by atoms with E-state index in [9.17, 15) is 4.79 Å². The van der Waals surface area contributed by atoms with Gasteiger partial charge in [-0.2, -0.15) is 0 Å². The zero-order valence-corrected chi connectivity index (χ0v) is 18.7. The maximum atomic E-state index is 13.0. The van der Waals surface area contributed by atoms with Gasteiger partial charge in [0.1, 0.15) is 15.5 Å². The zero-order chi connectivity index (χ0) is 22.9. The Morgan fingerprint density at radius 1 is 1.12 bits per heavy atom. The number of hydrogen-bond donors (Lipinski definition) is 2. The Morgan fingerprint density at radius 3 is 2.55 bits per heavy atom. The van der Waals surface area contributed by atoms with E-state index in [4.69, 9.17) is 20.0 Å². The Hall–Kier alpha value is -4.24. The molecule has 2 aromatic carbocycles. The largest absolute Gasteiger partial charge is 0.497 e. The molecule has 5 aromatic rings. The van der Waals surface area contributed by atoms with Gasteiger partial charge in [-0.3, -0.25) is 14.6 Å². The number of nitrogens with two attached hydrogens (primary N) is 1. The Morgan fingerprint density at radius 2 is 1.88 bits per heavy atom. The van der Waals surface area contributed by atoms with Gasteiger partial charge in [-0.25, -0.2) is 4.98 Å². The fraction of sp³-hybridized carbons (Fsp3) is 0.0833. The number of anilines is 2. The van der Waals surface area contributed by atoms with Crippen LogP contribution in [0.2, 0.25) is 0 Å². The third-order valence-corrected chi connectivity index (χ3v) is 6.28. The Labute approximate surface area is 193 Å². The normalized spacial score (nSPS) is 11.0. The maximum absolute atomic E-state index is 13.0. The number of hydrogen-bond acceptors (Lipinski definition) is 7. The summed E-state index contributed by atoms with van der Waals surface area (Å²) in [6, 6.07) is 19.6. The number of carbonyl (C=O) groups is 1. The first-order chi connectivity index (χ1) is 16.0. The van der Waals surface area contributed by atoms with Crippen LogP contribution in [-0.2, 0) is 7.05 Å². The number of rotatable bonds is 5. The number of benzene rings is 2. The lowest BCUT2D eigenvalue weighted by atomic mass is 9.99. The highest BCUT2D eigenvalue weighted by Gasteiger charge is 2.23. The highest BCUT2D eigenvalue weighted by atomic mass is 32.1. The third-order valence-electron chi connectivity index (χ3n) is 5.18. The van der Waals surface area contributed by atoms with Crippen molar-refractivity contribution in [2.45, 2.75) is 0 Å². The molecule has 164 valence electrons. The van der Waals surface area contributed by atoms with Crippen LogP contribution >= 0.6 is 11.3 Å². The van der Waals surface area contributed by atoms with Crippen molar-refractivity contribution in [3.05, 3.63) is 71.7 Å². The van der Waals surface area contributed by atoms with Gasteiger partial charge < -0.3 is 10.5 Å². The van der Waals surface area contributed by atoms with Gasteiger partial charge >= 0.3 is 5.88 Å². The van der Waals surface area contributed by atoms with E-state index in [1.165, 1.54) is 16.0 Å². The van der Waals surface area contributed by atoms with E-state index in [-0.39, 0.29) is 11.8 Å². The second kappa shape index (κ2) is 8.36. The van der Waals surface area contributed by atoms with Crippen LogP contribution in [0.15, 0.2) is 71.4 Å². The standard InChI is InChI=1S/C24H19N5O3S/c1-29-13-19(32-28-29)27-23(30)22-21(25)20-17(14-6-4-3-5-7-14)12-18(26-24(20)33-22)15-8-10-16(31-2)11-9-15/h3-13H,1-2H3,(H2-,25,27,28,30)/p+1. The highest BCUT2D eigenvalue weighted by molar-refractivity contribution is 7.21. The molecule has 0 aliphatic heterocycles. The second-order valence-corrected chi connectivity index (χ2v) is 8.37. The smallest absolute Gasteiger partial charge is 0.302 e. The SMILES string of the molecule is COc1ccc(-c2cc(-c3ccccc3)c3c(N)c(C(=O)Nc4c[n+](C)no4)sc3n2)cc1. The zero-order valence-electron chi connectivity index (χ0n) is 17.9. The minimum Gasteiger partial charge on any atom is -0.497 e. The molecule has 1 amide bonds. The minimum absolute atomic E-state index is 0.231. The molecule has 0 saturated heterocycles. The van der Waals surface area contributed by atoms with Gasteiger partial charge in [0.2, 0.25) is 0 Å². The summed E-state index contributed by atoms with van der Waals surface area (Å²) in [5.41, 5.74) is 10.5. The number of pyridine rings is 1. The third kappa shape index (κ3) is 3.90. The summed E-state index contributed by atoms with van der Waals surface area (Å²) < 4.78 is 11.8. The number of ether oxygens (including phenoxy) is 1. The van der Waals surface area contributed by atoms with Gasteiger partial charge in [0, 0.05) is 10.9 Å². The van der Waals surface area contributed by atoms with Crippen LogP contribution in [0.25, 0.3) is 32.6 Å². The molecular weight excluding hydrogens is 438 g/mol. The molecule has 9 heteroatoms. The molecule has 0 unspecified atom stereocenters. The van der Waals surface area contributed by atoms with Crippen molar-refractivity contribution in [3.63, 3.8) is 0 Å². The fourth-order valence-corrected chi connectivity index (χ4v) is 4.61. The van der Waals surface area contributed by atoms with Crippen LogP contribution in [0.1, 0.15) is 9.67 Å². The first kappa shape index (κ1) is 20.7. The Bertz CT molecular complexity index is 1460. The molecule has 0 atom stereocenters. The first-order valence-electron chi connectivity index (χ1n) is 10.1. The summed E-state index contributed by atoms with van der Waals surface area (Å²) in [5.74, 6) is 0.620. The second-order valence-electron chi connectivity index (χ2n) is 7.37. The van der Waals surface area contributed by atoms with Gasteiger partial charge in [0.15, 0.2) is 12.3 Å². The Kier molecular flexibility index (Phi) is 5.23. The van der Waals surface area contributed by atoms with Crippen LogP contribution in [-0.4, -0.2) is 23.3 Å². The van der Waals surface area contributed by atoms with Crippen molar-refractivity contribution >= 4 is 39.0 Å². The van der Waals surface area contributed by atoms with Crippen molar-refractivity contribution < 1.29 is 18.7 Å². The number of nitrogens with one attached hydrogen (secondary N) is 1. The lowest BCUT2D eigenvalue weighted by Crippen LogP contribution is -2.28. The number of nitrogens with zero attached hydrogens (tertiary/aromatic N) is 3. The number of methoxy groups -OCH3 is 1. The van der Waals surface area contributed by atoms with Crippen molar-refractivity contribution in [2.75, 3.05) is 18.2 Å². The van der Waals surface area contributed by atoms with Crippen molar-refractivity contribution in [1.29, 1.82) is 0 Å². The van der Waals surface area contributed by atoms with Gasteiger partial charge in [-0.05, 0) is 41.5 Å². The minimum atomic E-state index is -0.378. The molecule has 0 aliphatic rings. The molecule has 3 heterocycles. The molecule has 33 heavy (non-hydrogen) atoms. The first-order valence-corrected chi connectivity index (χ1v) is 10.9. The molecule has 0 spiro atoms. The molecule has 0 saturated carbocycles. The van der Waals surface area contributed by atoms with E-state index in [2.05, 4.69) is 10.6 Å². The summed E-state index contributed by atoms with van der Waals surface area (Å²) >= 11 is 1.24. The summed E-state index contributed by atoms with van der Waals surface area (Å²) in [7, 11) is 3.33. The van der Waals surface area contributed by atoms with Crippen LogP contribution < -0.4 is 20.5 Å². The lowest BCUT2D eigenvalue weighted by Gasteiger charge is -2.09. The van der Waals surface area contributed by atoms with Gasteiger partial charge in [0.25, 0.3) is 12.1 Å². The number of aromatic nitrogens is 3. The van der Waals surface area contributed by atoms with Gasteiger partial charge in [-0.1, -0.05) is 35.0 Å². The molecule has 0 radical (unpaired) electrons. The molecule has 0 bridgehead atoms. The number of carbonyl (C=O) groups excluding carboxylic acids is 1.